The van der Waals surface area contributed by atoms with Gasteiger partial charge in [-0.3, -0.25) is 14.9 Å². The first kappa shape index (κ1) is 28.1. The number of nitrogens with zero attached hydrogens (tertiary/aromatic N) is 4. The normalized spacial score (nSPS) is 10.7. The van der Waals surface area contributed by atoms with Crippen molar-refractivity contribution in [2.45, 2.75) is 6.61 Å². The standard InChI is InChI=1S/C27H26F2N6O5/c1-38-11-10-35(15-25(36)30-27-31-33-34-32-27)26(37)19-5-3-4-17(12-19)16-40-20-8-6-18(7-9-20)21-13-22(28)23(29)14-24(21)39-2/h3-9,12-14H,10-11,15-16H2,1-2H3,(H2,30,31,32,33,34,36). The Hall–Kier alpha value is -4.91. The van der Waals surface area contributed by atoms with Crippen molar-refractivity contribution in [2.75, 3.05) is 39.2 Å². The summed E-state index contributed by atoms with van der Waals surface area (Å²) in [5.74, 6) is -2.08. The van der Waals surface area contributed by atoms with E-state index in [1.54, 1.807) is 48.5 Å². The fraction of sp³-hybridized carbons (Fsp3) is 0.222. The van der Waals surface area contributed by atoms with Crippen molar-refractivity contribution in [1.29, 1.82) is 0 Å². The molecule has 1 aromatic heterocycles. The highest BCUT2D eigenvalue weighted by Gasteiger charge is 2.20. The lowest BCUT2D eigenvalue weighted by atomic mass is 10.0. The highest BCUT2D eigenvalue weighted by atomic mass is 19.2. The summed E-state index contributed by atoms with van der Waals surface area (Å²) in [6.45, 7) is 0.333. The van der Waals surface area contributed by atoms with E-state index in [-0.39, 0.29) is 43.9 Å². The van der Waals surface area contributed by atoms with Crippen molar-refractivity contribution in [3.05, 3.63) is 83.4 Å². The Labute approximate surface area is 228 Å². The van der Waals surface area contributed by atoms with Crippen LogP contribution in [0, 0.1) is 11.6 Å². The third-order valence-corrected chi connectivity index (χ3v) is 5.77. The highest BCUT2D eigenvalue weighted by molar-refractivity contribution is 5.99. The molecular formula is C27H26F2N6O5. The van der Waals surface area contributed by atoms with Crippen LogP contribution in [0.4, 0.5) is 14.7 Å². The number of halogens is 2. The second kappa shape index (κ2) is 13.2. The van der Waals surface area contributed by atoms with Gasteiger partial charge in [-0.1, -0.05) is 29.4 Å². The molecule has 0 aliphatic heterocycles. The first-order chi connectivity index (χ1) is 19.4. The Morgan fingerprint density at radius 3 is 2.50 bits per heavy atom. The number of anilines is 1. The predicted molar refractivity (Wildman–Crippen MR) is 140 cm³/mol. The molecule has 3 aromatic carbocycles. The van der Waals surface area contributed by atoms with Crippen LogP contribution in [0.2, 0.25) is 0 Å². The van der Waals surface area contributed by atoms with Crippen LogP contribution >= 0.6 is 0 Å². The van der Waals surface area contributed by atoms with Crippen LogP contribution < -0.4 is 14.8 Å². The van der Waals surface area contributed by atoms with Gasteiger partial charge in [0.15, 0.2) is 11.6 Å². The Balaban J connectivity index is 1.41. The van der Waals surface area contributed by atoms with Crippen LogP contribution in [0.3, 0.4) is 0 Å². The van der Waals surface area contributed by atoms with Crippen LogP contribution in [0.1, 0.15) is 15.9 Å². The van der Waals surface area contributed by atoms with Gasteiger partial charge in [-0.25, -0.2) is 8.78 Å². The molecule has 0 spiro atoms. The fourth-order valence-corrected chi connectivity index (χ4v) is 3.80. The molecule has 0 saturated heterocycles. The molecule has 0 bridgehead atoms. The maximum Gasteiger partial charge on any atom is 0.269 e. The Bertz CT molecular complexity index is 1450. The zero-order chi connectivity index (χ0) is 28.5. The third kappa shape index (κ3) is 7.14. The molecular weight excluding hydrogens is 526 g/mol. The third-order valence-electron chi connectivity index (χ3n) is 5.77. The number of H-pyrrole nitrogens is 1. The number of aromatic nitrogens is 4. The number of nitrogens with one attached hydrogen (secondary N) is 2. The van der Waals surface area contributed by atoms with Crippen molar-refractivity contribution < 1.29 is 32.6 Å². The summed E-state index contributed by atoms with van der Waals surface area (Å²) in [6.07, 6.45) is 0. The Kier molecular flexibility index (Phi) is 9.31. The van der Waals surface area contributed by atoms with Gasteiger partial charge in [0.1, 0.15) is 24.7 Å². The Morgan fingerprint density at radius 2 is 1.80 bits per heavy atom. The molecule has 208 valence electrons. The number of tetrazole rings is 1. The minimum atomic E-state index is -0.991. The number of hydrogen-bond donors (Lipinski definition) is 2. The summed E-state index contributed by atoms with van der Waals surface area (Å²) in [5, 5.41) is 15.4. The van der Waals surface area contributed by atoms with E-state index in [9.17, 15) is 18.4 Å². The zero-order valence-corrected chi connectivity index (χ0v) is 21.7. The number of benzene rings is 3. The molecule has 0 atom stereocenters. The monoisotopic (exact) mass is 552 g/mol. The average Bonchev–Trinajstić information content (AvgIpc) is 3.48. The summed E-state index contributed by atoms with van der Waals surface area (Å²) in [4.78, 5) is 27.0. The molecule has 4 aromatic rings. The number of hydrogen-bond acceptors (Lipinski definition) is 8. The number of carbonyl (C=O) groups is 2. The second-order valence-corrected chi connectivity index (χ2v) is 8.48. The molecule has 40 heavy (non-hydrogen) atoms. The number of aromatic amines is 1. The van der Waals surface area contributed by atoms with E-state index in [2.05, 4.69) is 25.9 Å². The molecule has 0 aliphatic carbocycles. The van der Waals surface area contributed by atoms with Gasteiger partial charge < -0.3 is 19.1 Å². The first-order valence-electron chi connectivity index (χ1n) is 12.0. The lowest BCUT2D eigenvalue weighted by molar-refractivity contribution is -0.117. The van der Waals surface area contributed by atoms with Crippen molar-refractivity contribution in [3.63, 3.8) is 0 Å². The van der Waals surface area contributed by atoms with Crippen molar-refractivity contribution in [2.24, 2.45) is 0 Å². The van der Waals surface area contributed by atoms with Crippen molar-refractivity contribution in [3.8, 4) is 22.6 Å². The quantitative estimate of drug-likeness (QED) is 0.273. The summed E-state index contributed by atoms with van der Waals surface area (Å²) in [6, 6.07) is 15.7. The molecule has 11 nitrogen and oxygen atoms in total. The fourth-order valence-electron chi connectivity index (χ4n) is 3.80. The van der Waals surface area contributed by atoms with E-state index in [4.69, 9.17) is 14.2 Å². The lowest BCUT2D eigenvalue weighted by Gasteiger charge is -2.22. The second-order valence-electron chi connectivity index (χ2n) is 8.48. The van der Waals surface area contributed by atoms with E-state index in [0.29, 0.717) is 22.4 Å². The molecule has 0 unspecified atom stereocenters. The van der Waals surface area contributed by atoms with Crippen LogP contribution in [-0.2, 0) is 16.1 Å². The van der Waals surface area contributed by atoms with E-state index in [0.717, 1.165) is 17.7 Å². The van der Waals surface area contributed by atoms with Gasteiger partial charge in [0.05, 0.1) is 13.7 Å². The summed E-state index contributed by atoms with van der Waals surface area (Å²) >= 11 is 0. The van der Waals surface area contributed by atoms with E-state index >= 15 is 0 Å². The summed E-state index contributed by atoms with van der Waals surface area (Å²) in [5.41, 5.74) is 2.11. The van der Waals surface area contributed by atoms with E-state index < -0.39 is 17.5 Å². The van der Waals surface area contributed by atoms with Crippen LogP contribution in [-0.4, -0.2) is 71.3 Å². The largest absolute Gasteiger partial charge is 0.496 e. The van der Waals surface area contributed by atoms with E-state index in [1.807, 2.05) is 0 Å². The van der Waals surface area contributed by atoms with Gasteiger partial charge in [-0.15, -0.1) is 5.10 Å². The lowest BCUT2D eigenvalue weighted by Crippen LogP contribution is -2.40. The zero-order valence-electron chi connectivity index (χ0n) is 21.7. The van der Waals surface area contributed by atoms with Crippen molar-refractivity contribution >= 4 is 17.8 Å². The first-order valence-corrected chi connectivity index (χ1v) is 12.0. The number of ether oxygens (including phenoxy) is 3. The van der Waals surface area contributed by atoms with Crippen LogP contribution in [0.5, 0.6) is 11.5 Å². The maximum absolute atomic E-state index is 13.8. The van der Waals surface area contributed by atoms with Crippen LogP contribution in [0.25, 0.3) is 11.1 Å². The number of rotatable bonds is 12. The molecule has 0 fully saturated rings. The maximum atomic E-state index is 13.8. The number of amides is 2. The van der Waals surface area contributed by atoms with Gasteiger partial charge in [0.2, 0.25) is 5.91 Å². The van der Waals surface area contributed by atoms with Crippen LogP contribution in [0.15, 0.2) is 60.7 Å². The average molecular weight is 553 g/mol. The van der Waals surface area contributed by atoms with Gasteiger partial charge in [-0.2, -0.15) is 5.21 Å². The predicted octanol–water partition coefficient (Wildman–Crippen LogP) is 3.46. The topological polar surface area (TPSA) is 132 Å². The smallest absolute Gasteiger partial charge is 0.269 e. The van der Waals surface area contributed by atoms with E-state index in [1.165, 1.54) is 19.1 Å². The minimum absolute atomic E-state index is 0.000265. The molecule has 0 radical (unpaired) electrons. The summed E-state index contributed by atoms with van der Waals surface area (Å²) in [7, 11) is 2.88. The van der Waals surface area contributed by atoms with Gasteiger partial charge in [0.25, 0.3) is 11.9 Å². The number of methoxy groups -OCH3 is 2. The molecule has 4 rings (SSSR count). The van der Waals surface area contributed by atoms with Crippen molar-refractivity contribution in [1.82, 2.24) is 25.5 Å². The van der Waals surface area contributed by atoms with Gasteiger partial charge >= 0.3 is 0 Å². The van der Waals surface area contributed by atoms with Gasteiger partial charge in [-0.05, 0) is 46.7 Å². The summed E-state index contributed by atoms with van der Waals surface area (Å²) < 4.78 is 43.5. The van der Waals surface area contributed by atoms with Gasteiger partial charge in [0, 0.05) is 30.8 Å². The SMILES string of the molecule is COCCN(CC(=O)Nc1nn[nH]n1)C(=O)c1cccc(COc2ccc(-c3cc(F)c(F)cc3OC)cc2)c1. The number of carbonyl (C=O) groups excluding carboxylic acids is 2. The molecule has 0 aliphatic rings. The molecule has 2 N–H and O–H groups in total. The molecule has 13 heteroatoms. The minimum Gasteiger partial charge on any atom is -0.496 e. The molecule has 0 saturated carbocycles. The Morgan fingerprint density at radius 1 is 1.02 bits per heavy atom. The molecule has 1 heterocycles. The highest BCUT2D eigenvalue weighted by Crippen LogP contribution is 2.33. The molecule has 2 amide bonds.